The van der Waals surface area contributed by atoms with Gasteiger partial charge in [0.1, 0.15) is 0 Å². The van der Waals surface area contributed by atoms with E-state index in [1.54, 1.807) is 0 Å². The molecule has 178 valence electrons. The average molecular weight is 490 g/mol. The van der Waals surface area contributed by atoms with E-state index in [0.29, 0.717) is 10.6 Å². The topological polar surface area (TPSA) is 86.4 Å². The summed E-state index contributed by atoms with van der Waals surface area (Å²) in [5.41, 5.74) is 0.964. The Kier molecular flexibility index (Phi) is 7.01. The fourth-order valence-corrected chi connectivity index (χ4v) is 4.38. The van der Waals surface area contributed by atoms with Gasteiger partial charge in [0.05, 0.1) is 12.0 Å². The van der Waals surface area contributed by atoms with Crippen LogP contribution in [-0.4, -0.2) is 30.0 Å². The molecular formula is C23H22F3N5O2S. The van der Waals surface area contributed by atoms with Crippen LogP contribution in [0.2, 0.25) is 0 Å². The Bertz CT molecular complexity index is 1160. The van der Waals surface area contributed by atoms with Gasteiger partial charge in [-0.2, -0.15) is 13.2 Å². The Labute approximate surface area is 198 Å². The zero-order chi connectivity index (χ0) is 24.1. The minimum Gasteiger partial charge on any atom is -0.372 e. The summed E-state index contributed by atoms with van der Waals surface area (Å²) in [4.78, 5) is 31.5. The number of anilines is 4. The first-order valence-corrected chi connectivity index (χ1v) is 11.4. The number of carbonyl (C=O) groups excluding carboxylic acids is 2. The van der Waals surface area contributed by atoms with Gasteiger partial charge in [0.2, 0.25) is 5.91 Å². The molecule has 0 radical (unpaired) electrons. The Hall–Kier alpha value is -3.60. The second-order valence-corrected chi connectivity index (χ2v) is 8.87. The molecule has 0 unspecified atom stereocenters. The van der Waals surface area contributed by atoms with Crippen molar-refractivity contribution in [2.45, 2.75) is 25.4 Å². The fourth-order valence-electron chi connectivity index (χ4n) is 3.57. The van der Waals surface area contributed by atoms with Crippen LogP contribution in [0.1, 0.15) is 23.3 Å². The zero-order valence-corrected chi connectivity index (χ0v) is 18.8. The molecule has 2 aromatic carbocycles. The molecule has 0 aliphatic carbocycles. The monoisotopic (exact) mass is 489 g/mol. The number of carbonyl (C=O) groups is 2. The minimum atomic E-state index is -4.51. The first-order valence-electron chi connectivity index (χ1n) is 10.6. The number of urea groups is 1. The number of halogens is 3. The van der Waals surface area contributed by atoms with Gasteiger partial charge in [-0.1, -0.05) is 6.07 Å². The molecule has 34 heavy (non-hydrogen) atoms. The van der Waals surface area contributed by atoms with Crippen LogP contribution < -0.4 is 20.9 Å². The third-order valence-corrected chi connectivity index (χ3v) is 6.09. The largest absolute Gasteiger partial charge is 0.416 e. The van der Waals surface area contributed by atoms with Crippen LogP contribution in [0.3, 0.4) is 0 Å². The van der Waals surface area contributed by atoms with Crippen LogP contribution >= 0.6 is 11.3 Å². The fraction of sp³-hybridized carbons (Fsp3) is 0.261. The lowest BCUT2D eigenvalue weighted by molar-refractivity contribution is -0.137. The van der Waals surface area contributed by atoms with Gasteiger partial charge in [-0.05, 0) is 55.3 Å². The van der Waals surface area contributed by atoms with Crippen LogP contribution in [0.5, 0.6) is 0 Å². The number of nitrogens with one attached hydrogen (secondary N) is 3. The van der Waals surface area contributed by atoms with Gasteiger partial charge in [0.25, 0.3) is 0 Å². The third-order valence-electron chi connectivity index (χ3n) is 5.18. The molecule has 4 rings (SSSR count). The van der Waals surface area contributed by atoms with Crippen molar-refractivity contribution in [2.75, 3.05) is 33.9 Å². The van der Waals surface area contributed by atoms with Crippen molar-refractivity contribution in [3.8, 4) is 0 Å². The number of hydrogen-bond acceptors (Lipinski definition) is 5. The van der Waals surface area contributed by atoms with Crippen LogP contribution in [0, 0.1) is 0 Å². The molecule has 1 fully saturated rings. The number of benzene rings is 2. The van der Waals surface area contributed by atoms with Gasteiger partial charge in [0, 0.05) is 41.2 Å². The molecule has 3 N–H and O–H groups in total. The highest BCUT2D eigenvalue weighted by Gasteiger charge is 2.30. The van der Waals surface area contributed by atoms with Crippen molar-refractivity contribution < 1.29 is 22.8 Å². The van der Waals surface area contributed by atoms with Gasteiger partial charge in [-0.25, -0.2) is 9.78 Å². The molecular weight excluding hydrogens is 467 g/mol. The first kappa shape index (κ1) is 23.6. The lowest BCUT2D eigenvalue weighted by Gasteiger charge is -2.17. The van der Waals surface area contributed by atoms with E-state index in [2.05, 4.69) is 25.8 Å². The second kappa shape index (κ2) is 10.1. The summed E-state index contributed by atoms with van der Waals surface area (Å²) in [6.45, 7) is 2.09. The number of amides is 3. The van der Waals surface area contributed by atoms with Gasteiger partial charge < -0.3 is 15.5 Å². The van der Waals surface area contributed by atoms with Gasteiger partial charge in [-0.15, -0.1) is 11.3 Å². The number of thiazole rings is 1. The van der Waals surface area contributed by atoms with Crippen LogP contribution in [0.25, 0.3) is 0 Å². The molecule has 1 aliphatic rings. The number of aromatic nitrogens is 1. The summed E-state index contributed by atoms with van der Waals surface area (Å²) in [5, 5.41) is 7.87. The highest BCUT2D eigenvalue weighted by molar-refractivity contribution is 7.15. The van der Waals surface area contributed by atoms with Crippen molar-refractivity contribution in [1.82, 2.24) is 4.98 Å². The average Bonchev–Trinajstić information content (AvgIpc) is 3.46. The van der Waals surface area contributed by atoms with Crippen molar-refractivity contribution in [1.29, 1.82) is 0 Å². The normalized spacial score (nSPS) is 13.6. The van der Waals surface area contributed by atoms with E-state index in [9.17, 15) is 22.8 Å². The number of rotatable bonds is 6. The van der Waals surface area contributed by atoms with E-state index in [0.717, 1.165) is 42.2 Å². The lowest BCUT2D eigenvalue weighted by Crippen LogP contribution is -2.19. The predicted octanol–water partition coefficient (Wildman–Crippen LogP) is 5.59. The van der Waals surface area contributed by atoms with E-state index in [4.69, 9.17) is 0 Å². The maximum atomic E-state index is 12.8. The maximum absolute atomic E-state index is 12.8. The number of hydrogen-bond donors (Lipinski definition) is 3. The third kappa shape index (κ3) is 6.25. The standard InChI is InChI=1S/C23H22F3N5O2S/c24-23(25,26)15-4-3-5-17(12-15)29-21(33)30-22-27-14-19(34-22)13-20(32)28-16-6-8-18(9-7-16)31-10-1-2-11-31/h3-9,12,14H,1-2,10-11,13H2,(H,28,32)(H2,27,29,30,33). The van der Waals surface area contributed by atoms with Crippen molar-refractivity contribution >= 4 is 45.5 Å². The predicted molar refractivity (Wildman–Crippen MR) is 126 cm³/mol. The summed E-state index contributed by atoms with van der Waals surface area (Å²) in [6.07, 6.45) is -0.577. The SMILES string of the molecule is O=C(Cc1cnc(NC(=O)Nc2cccc(C(F)(F)F)c2)s1)Nc1ccc(N2CCCC2)cc1. The number of nitrogens with zero attached hydrogens (tertiary/aromatic N) is 2. The molecule has 1 saturated heterocycles. The smallest absolute Gasteiger partial charge is 0.372 e. The highest BCUT2D eigenvalue weighted by atomic mass is 32.1. The van der Waals surface area contributed by atoms with E-state index in [1.807, 2.05) is 24.3 Å². The number of alkyl halides is 3. The quantitative estimate of drug-likeness (QED) is 0.422. The molecule has 1 aliphatic heterocycles. The Morgan fingerprint density at radius 1 is 0.971 bits per heavy atom. The van der Waals surface area contributed by atoms with Crippen molar-refractivity contribution in [3.05, 3.63) is 65.2 Å². The summed E-state index contributed by atoms with van der Waals surface area (Å²) in [6, 6.07) is 11.3. The Balaban J connectivity index is 1.27. The molecule has 3 aromatic rings. The molecule has 0 bridgehead atoms. The lowest BCUT2D eigenvalue weighted by atomic mass is 10.2. The summed E-state index contributed by atoms with van der Waals surface area (Å²) >= 11 is 1.11. The molecule has 0 spiro atoms. The molecule has 7 nitrogen and oxygen atoms in total. The van der Waals surface area contributed by atoms with Gasteiger partial charge >= 0.3 is 12.2 Å². The van der Waals surface area contributed by atoms with Crippen LogP contribution in [0.15, 0.2) is 54.7 Å². The summed E-state index contributed by atoms with van der Waals surface area (Å²) < 4.78 is 38.4. The summed E-state index contributed by atoms with van der Waals surface area (Å²) in [7, 11) is 0. The van der Waals surface area contributed by atoms with E-state index >= 15 is 0 Å². The van der Waals surface area contributed by atoms with E-state index in [1.165, 1.54) is 31.2 Å². The Morgan fingerprint density at radius 3 is 2.41 bits per heavy atom. The second-order valence-electron chi connectivity index (χ2n) is 7.76. The molecule has 1 aromatic heterocycles. The van der Waals surface area contributed by atoms with Crippen LogP contribution in [0.4, 0.5) is 40.2 Å². The Morgan fingerprint density at radius 2 is 1.71 bits per heavy atom. The van der Waals surface area contributed by atoms with Crippen molar-refractivity contribution in [3.63, 3.8) is 0 Å². The van der Waals surface area contributed by atoms with Crippen molar-refractivity contribution in [2.24, 2.45) is 0 Å². The zero-order valence-electron chi connectivity index (χ0n) is 18.0. The molecule has 2 heterocycles. The first-order chi connectivity index (χ1) is 16.3. The minimum absolute atomic E-state index is 0.000711. The van der Waals surface area contributed by atoms with E-state index in [-0.39, 0.29) is 23.1 Å². The summed E-state index contributed by atoms with van der Waals surface area (Å²) in [5.74, 6) is -0.225. The maximum Gasteiger partial charge on any atom is 0.416 e. The molecule has 0 saturated carbocycles. The van der Waals surface area contributed by atoms with Gasteiger partial charge in [-0.3, -0.25) is 10.1 Å². The molecule has 11 heteroatoms. The highest BCUT2D eigenvalue weighted by Crippen LogP contribution is 2.30. The van der Waals surface area contributed by atoms with Gasteiger partial charge in [0.15, 0.2) is 5.13 Å². The van der Waals surface area contributed by atoms with E-state index < -0.39 is 17.8 Å². The van der Waals surface area contributed by atoms with Crippen LogP contribution in [-0.2, 0) is 17.4 Å². The molecule has 3 amide bonds. The molecule has 0 atom stereocenters.